The highest BCUT2D eigenvalue weighted by molar-refractivity contribution is 7.47. The molecule has 0 aliphatic carbocycles. The lowest BCUT2D eigenvalue weighted by Gasteiger charge is -2.20. The van der Waals surface area contributed by atoms with Crippen LogP contribution in [0.25, 0.3) is 0 Å². The van der Waals surface area contributed by atoms with Crippen molar-refractivity contribution in [3.05, 3.63) is 24.3 Å². The summed E-state index contributed by atoms with van der Waals surface area (Å²) < 4.78 is 31.3. The molecule has 3 unspecified atom stereocenters. The van der Waals surface area contributed by atoms with Crippen molar-refractivity contribution in [2.24, 2.45) is 5.73 Å². The molecule has 0 fully saturated rings. The van der Waals surface area contributed by atoms with Crippen LogP contribution in [-0.2, 0) is 37.5 Å². The molecule has 0 heterocycles. The summed E-state index contributed by atoms with van der Waals surface area (Å²) in [6.07, 6.45) is 25.1. The normalized spacial score (nSPS) is 14.6. The Bertz CT molecular complexity index is 833. The number of carbonyl (C=O) groups is 3. The van der Waals surface area contributed by atoms with Crippen molar-refractivity contribution < 1.29 is 47.5 Å². The molecule has 0 rings (SSSR count). The zero-order valence-corrected chi connectivity index (χ0v) is 26.5. The van der Waals surface area contributed by atoms with Crippen LogP contribution in [0.5, 0.6) is 0 Å². The molecule has 12 heteroatoms. The summed E-state index contributed by atoms with van der Waals surface area (Å²) in [6.45, 7) is 1.67. The first-order valence-electron chi connectivity index (χ1n) is 15.3. The maximum Gasteiger partial charge on any atom is 0.472 e. The zero-order chi connectivity index (χ0) is 31.5. The molecule has 0 saturated carbocycles. The van der Waals surface area contributed by atoms with Gasteiger partial charge in [0.05, 0.1) is 13.2 Å². The number of hydrogen-bond donors (Lipinski definition) is 3. The molecule has 42 heavy (non-hydrogen) atoms. The van der Waals surface area contributed by atoms with Crippen LogP contribution in [0.3, 0.4) is 0 Å². The minimum atomic E-state index is -4.67. The van der Waals surface area contributed by atoms with Crippen molar-refractivity contribution in [1.29, 1.82) is 0 Å². The molecule has 0 amide bonds. The Balaban J connectivity index is 3.95. The molecule has 0 aromatic carbocycles. The number of phosphoric ester groups is 1. The molecular weight excluding hydrogens is 565 g/mol. The lowest BCUT2D eigenvalue weighted by Crippen LogP contribution is -2.34. The number of carboxylic acids is 1. The lowest BCUT2D eigenvalue weighted by molar-refractivity contribution is -0.160. The fourth-order valence-corrected chi connectivity index (χ4v) is 4.60. The van der Waals surface area contributed by atoms with Crippen LogP contribution < -0.4 is 5.73 Å². The van der Waals surface area contributed by atoms with Crippen molar-refractivity contribution in [1.82, 2.24) is 0 Å². The van der Waals surface area contributed by atoms with E-state index in [-0.39, 0.29) is 13.0 Å². The number of phosphoric acid groups is 1. The van der Waals surface area contributed by atoms with Crippen LogP contribution in [0.15, 0.2) is 24.3 Å². The maximum absolute atomic E-state index is 12.2. The maximum atomic E-state index is 12.2. The first kappa shape index (κ1) is 40.0. The number of carbonyl (C=O) groups excluding carboxylic acids is 2. The second kappa shape index (κ2) is 26.6. The first-order valence-corrected chi connectivity index (χ1v) is 16.8. The molecule has 4 N–H and O–H groups in total. The summed E-state index contributed by atoms with van der Waals surface area (Å²) in [7, 11) is -4.67. The zero-order valence-electron chi connectivity index (χ0n) is 25.6. The molecule has 0 aromatic heterocycles. The van der Waals surface area contributed by atoms with Crippen molar-refractivity contribution >= 4 is 25.7 Å². The van der Waals surface area contributed by atoms with Crippen LogP contribution in [0.4, 0.5) is 0 Å². The first-order chi connectivity index (χ1) is 20.1. The second-order valence-electron chi connectivity index (χ2n) is 10.3. The van der Waals surface area contributed by atoms with Crippen LogP contribution >= 0.6 is 7.82 Å². The molecule has 0 bridgehead atoms. The SMILES string of the molecule is CCCCC/C=C\C/C=C\CCCCCCCCCCCC(=O)OC(COC(C)=O)COP(=O)(O)OCC(N)C(=O)O. The fourth-order valence-electron chi connectivity index (χ4n) is 3.82. The molecule has 244 valence electrons. The second-order valence-corrected chi connectivity index (χ2v) is 11.8. The molecule has 3 atom stereocenters. The molecule has 11 nitrogen and oxygen atoms in total. The van der Waals surface area contributed by atoms with Crippen molar-refractivity contribution in [2.75, 3.05) is 19.8 Å². The van der Waals surface area contributed by atoms with Gasteiger partial charge in [0.2, 0.25) is 0 Å². The van der Waals surface area contributed by atoms with Crippen LogP contribution in [0.1, 0.15) is 117 Å². The van der Waals surface area contributed by atoms with E-state index in [1.165, 1.54) is 64.7 Å². The average molecular weight is 620 g/mol. The van der Waals surface area contributed by atoms with E-state index in [0.29, 0.717) is 6.42 Å². The van der Waals surface area contributed by atoms with Gasteiger partial charge >= 0.3 is 25.7 Å². The Labute approximate surface area is 251 Å². The highest BCUT2D eigenvalue weighted by atomic mass is 31.2. The third-order valence-electron chi connectivity index (χ3n) is 6.26. The summed E-state index contributed by atoms with van der Waals surface area (Å²) in [4.78, 5) is 43.7. The van der Waals surface area contributed by atoms with E-state index in [2.05, 4.69) is 35.8 Å². The molecule has 0 aliphatic heterocycles. The van der Waals surface area contributed by atoms with E-state index < -0.39 is 51.1 Å². The number of aliphatic carboxylic acids is 1. The van der Waals surface area contributed by atoms with Gasteiger partial charge in [-0.3, -0.25) is 23.4 Å². The molecule has 0 aromatic rings. The van der Waals surface area contributed by atoms with Gasteiger partial charge < -0.3 is 25.2 Å². The predicted octanol–water partition coefficient (Wildman–Crippen LogP) is 6.38. The summed E-state index contributed by atoms with van der Waals surface area (Å²) >= 11 is 0. The Hall–Kier alpha value is -2.04. The third kappa shape index (κ3) is 26.8. The molecular formula is C30H54NO10P. The fraction of sp³-hybridized carbons (Fsp3) is 0.767. The quantitative estimate of drug-likeness (QED) is 0.0384. The van der Waals surface area contributed by atoms with Crippen molar-refractivity contribution in [3.63, 3.8) is 0 Å². The number of ether oxygens (including phenoxy) is 2. The molecule has 0 radical (unpaired) electrons. The van der Waals surface area contributed by atoms with E-state index in [1.54, 1.807) is 0 Å². The topological polar surface area (TPSA) is 172 Å². The number of hydrogen-bond acceptors (Lipinski definition) is 9. The lowest BCUT2D eigenvalue weighted by atomic mass is 10.1. The van der Waals surface area contributed by atoms with Crippen LogP contribution in [-0.4, -0.2) is 59.9 Å². The molecule has 0 spiro atoms. The summed E-state index contributed by atoms with van der Waals surface area (Å²) in [5, 5.41) is 8.72. The Morgan fingerprint density at radius 1 is 0.786 bits per heavy atom. The van der Waals surface area contributed by atoms with E-state index in [4.69, 9.17) is 24.8 Å². The standard InChI is InChI=1S/C30H54NO10P/c1-3-4-5-6-7-8-9-10-11-12-13-14-15-16-17-18-19-20-21-22-29(33)41-27(23-38-26(2)32)24-39-42(36,37)40-25-28(31)30(34)35/h7-8,10-11,27-28H,3-6,9,12-25,31H2,1-2H3,(H,34,35)(H,36,37)/b8-7-,11-10-. The number of nitrogens with two attached hydrogens (primary N) is 1. The minimum Gasteiger partial charge on any atom is -0.480 e. The van der Waals surface area contributed by atoms with Crippen LogP contribution in [0, 0.1) is 0 Å². The highest BCUT2D eigenvalue weighted by Crippen LogP contribution is 2.43. The smallest absolute Gasteiger partial charge is 0.472 e. The summed E-state index contributed by atoms with van der Waals surface area (Å²) in [5.74, 6) is -2.59. The minimum absolute atomic E-state index is 0.152. The van der Waals surface area contributed by atoms with Gasteiger partial charge in [0.1, 0.15) is 12.6 Å². The number of carboxylic acid groups (broad SMARTS) is 1. The monoisotopic (exact) mass is 619 g/mol. The van der Waals surface area contributed by atoms with Gasteiger partial charge in [0.15, 0.2) is 6.10 Å². The summed E-state index contributed by atoms with van der Waals surface area (Å²) in [5.41, 5.74) is 5.23. The van der Waals surface area contributed by atoms with E-state index in [1.807, 2.05) is 0 Å². The van der Waals surface area contributed by atoms with E-state index >= 15 is 0 Å². The van der Waals surface area contributed by atoms with Gasteiger partial charge in [0.25, 0.3) is 0 Å². The van der Waals surface area contributed by atoms with Crippen LogP contribution in [0.2, 0.25) is 0 Å². The largest absolute Gasteiger partial charge is 0.480 e. The van der Waals surface area contributed by atoms with Gasteiger partial charge in [-0.1, -0.05) is 89.0 Å². The number of unbranched alkanes of at least 4 members (excludes halogenated alkanes) is 12. The highest BCUT2D eigenvalue weighted by Gasteiger charge is 2.27. The van der Waals surface area contributed by atoms with Gasteiger partial charge in [-0.2, -0.15) is 0 Å². The number of allylic oxidation sites excluding steroid dienone is 4. The van der Waals surface area contributed by atoms with Crippen molar-refractivity contribution in [2.45, 2.75) is 129 Å². The Morgan fingerprint density at radius 2 is 1.31 bits per heavy atom. The van der Waals surface area contributed by atoms with Gasteiger partial charge in [0, 0.05) is 13.3 Å². The predicted molar refractivity (Wildman–Crippen MR) is 162 cm³/mol. The Kier molecular flexibility index (Phi) is 25.3. The van der Waals surface area contributed by atoms with Crippen molar-refractivity contribution in [3.8, 4) is 0 Å². The van der Waals surface area contributed by atoms with Gasteiger partial charge in [-0.05, 0) is 38.5 Å². The van der Waals surface area contributed by atoms with E-state index in [9.17, 15) is 23.8 Å². The average Bonchev–Trinajstić information content (AvgIpc) is 2.94. The molecule has 0 saturated heterocycles. The third-order valence-corrected chi connectivity index (χ3v) is 7.21. The number of esters is 2. The Morgan fingerprint density at radius 3 is 1.86 bits per heavy atom. The molecule has 0 aliphatic rings. The summed E-state index contributed by atoms with van der Waals surface area (Å²) in [6, 6.07) is -1.51. The van der Waals surface area contributed by atoms with Gasteiger partial charge in [-0.15, -0.1) is 0 Å². The van der Waals surface area contributed by atoms with Gasteiger partial charge in [-0.25, -0.2) is 4.57 Å². The number of rotatable bonds is 28. The van der Waals surface area contributed by atoms with E-state index in [0.717, 1.165) is 32.1 Å².